The van der Waals surface area contributed by atoms with Crippen molar-refractivity contribution in [2.75, 3.05) is 25.4 Å². The van der Waals surface area contributed by atoms with Crippen molar-refractivity contribution in [3.8, 4) is 11.8 Å². The van der Waals surface area contributed by atoms with Crippen molar-refractivity contribution in [2.45, 2.75) is 57.3 Å². The molecule has 2 aromatic heterocycles. The number of likely N-dealkylation sites (tertiary alicyclic amines) is 1. The molecule has 0 saturated carbocycles. The maximum absolute atomic E-state index is 12.4. The van der Waals surface area contributed by atoms with Crippen LogP contribution in [-0.2, 0) is 20.9 Å². The summed E-state index contributed by atoms with van der Waals surface area (Å²) in [5, 5.41) is 23.6. The lowest BCUT2D eigenvalue weighted by molar-refractivity contribution is -0.137. The van der Waals surface area contributed by atoms with Gasteiger partial charge in [-0.3, -0.25) is 9.36 Å². The number of aromatic nitrogens is 4. The summed E-state index contributed by atoms with van der Waals surface area (Å²) >= 11 is 0. The molecule has 1 unspecified atom stereocenters. The zero-order chi connectivity index (χ0) is 28.9. The standard InChI is InChI=1S/C28H33N7O6/c1-2-30-26(38)23-21(36)22(37)27(41-23)35-16-31-20-24(29)32-19(33-25(20)35)10-6-9-17-11-13-34(14-12-17)28(39)40-15-18-7-4-3-5-8-18/h3-5,7-8,16-17,21-23,27,36-37H,2,9,11-15H2,1H3,(H,30,38)(H2,29,32,33)/t21?,22-,23-,27+/m0/s1. The molecule has 1 aromatic carbocycles. The van der Waals surface area contributed by atoms with Crippen LogP contribution in [0, 0.1) is 17.8 Å². The Morgan fingerprint density at radius 2 is 1.93 bits per heavy atom. The molecule has 216 valence electrons. The Morgan fingerprint density at radius 1 is 1.17 bits per heavy atom. The maximum atomic E-state index is 12.4. The number of rotatable bonds is 6. The second-order valence-electron chi connectivity index (χ2n) is 10.1. The summed E-state index contributed by atoms with van der Waals surface area (Å²) in [6.45, 7) is 3.54. The van der Waals surface area contributed by atoms with Crippen LogP contribution in [0.15, 0.2) is 36.7 Å². The highest BCUT2D eigenvalue weighted by atomic mass is 16.6. The number of fused-ring (bicyclic) bond motifs is 1. The molecule has 0 bridgehead atoms. The van der Waals surface area contributed by atoms with Crippen molar-refractivity contribution < 1.29 is 29.3 Å². The first kappa shape index (κ1) is 28.3. The van der Waals surface area contributed by atoms with E-state index in [4.69, 9.17) is 15.2 Å². The molecule has 41 heavy (non-hydrogen) atoms. The van der Waals surface area contributed by atoms with Crippen LogP contribution in [-0.4, -0.2) is 84.6 Å². The van der Waals surface area contributed by atoms with E-state index in [0.717, 1.165) is 18.4 Å². The van der Waals surface area contributed by atoms with Crippen molar-refractivity contribution in [2.24, 2.45) is 5.92 Å². The molecule has 4 atom stereocenters. The van der Waals surface area contributed by atoms with Crippen LogP contribution in [0.4, 0.5) is 10.6 Å². The summed E-state index contributed by atoms with van der Waals surface area (Å²) in [4.78, 5) is 39.3. The lowest BCUT2D eigenvalue weighted by Gasteiger charge is -2.30. The van der Waals surface area contributed by atoms with Crippen LogP contribution in [0.3, 0.4) is 0 Å². The molecule has 4 heterocycles. The van der Waals surface area contributed by atoms with E-state index < -0.39 is 30.4 Å². The largest absolute Gasteiger partial charge is 0.445 e. The molecular weight excluding hydrogens is 530 g/mol. The van der Waals surface area contributed by atoms with E-state index in [0.29, 0.717) is 32.0 Å². The Kier molecular flexibility index (Phi) is 8.63. The highest BCUT2D eigenvalue weighted by molar-refractivity contribution is 5.83. The molecule has 2 fully saturated rings. The minimum absolute atomic E-state index is 0.105. The number of likely N-dealkylation sites (N-methyl/N-ethyl adjacent to an activating group) is 1. The van der Waals surface area contributed by atoms with Gasteiger partial charge in [-0.25, -0.2) is 19.7 Å². The van der Waals surface area contributed by atoms with Gasteiger partial charge in [0.2, 0.25) is 5.82 Å². The predicted molar refractivity (Wildman–Crippen MR) is 147 cm³/mol. The third kappa shape index (κ3) is 6.25. The number of imidazole rings is 1. The van der Waals surface area contributed by atoms with Crippen molar-refractivity contribution in [1.29, 1.82) is 0 Å². The van der Waals surface area contributed by atoms with E-state index in [-0.39, 0.29) is 35.5 Å². The SMILES string of the molecule is CCNC(=O)[C@H]1O[C@@H](n2cnc3c(N)nc(C#CCC4CCN(C(=O)OCc5ccccc5)CC4)nc32)[C@@H](O)C1O. The number of amides is 2. The molecule has 13 heteroatoms. The molecule has 0 aliphatic carbocycles. The molecule has 0 spiro atoms. The van der Waals surface area contributed by atoms with E-state index in [1.807, 2.05) is 30.3 Å². The average Bonchev–Trinajstić information content (AvgIpc) is 3.53. The van der Waals surface area contributed by atoms with Gasteiger partial charge < -0.3 is 35.6 Å². The van der Waals surface area contributed by atoms with Crippen LogP contribution in [0.5, 0.6) is 0 Å². The minimum Gasteiger partial charge on any atom is -0.445 e. The number of carbonyl (C=O) groups excluding carboxylic acids is 2. The number of aliphatic hydroxyl groups is 2. The first-order chi connectivity index (χ1) is 19.9. The first-order valence-electron chi connectivity index (χ1n) is 13.6. The highest BCUT2D eigenvalue weighted by Crippen LogP contribution is 2.32. The Balaban J connectivity index is 1.19. The number of hydrogen-bond acceptors (Lipinski definition) is 10. The Bertz CT molecular complexity index is 1440. The number of benzene rings is 1. The molecule has 2 aliphatic rings. The van der Waals surface area contributed by atoms with Gasteiger partial charge in [0.25, 0.3) is 5.91 Å². The van der Waals surface area contributed by atoms with Gasteiger partial charge in [-0.15, -0.1) is 0 Å². The second kappa shape index (κ2) is 12.5. The van der Waals surface area contributed by atoms with Gasteiger partial charge in [0.1, 0.15) is 24.3 Å². The van der Waals surface area contributed by atoms with Gasteiger partial charge in [-0.05, 0) is 37.2 Å². The maximum Gasteiger partial charge on any atom is 0.410 e. The third-order valence-corrected chi connectivity index (χ3v) is 7.24. The second-order valence-corrected chi connectivity index (χ2v) is 10.1. The van der Waals surface area contributed by atoms with Crippen molar-refractivity contribution >= 4 is 29.0 Å². The molecule has 2 aliphatic heterocycles. The number of aliphatic hydroxyl groups excluding tert-OH is 2. The van der Waals surface area contributed by atoms with E-state index >= 15 is 0 Å². The fraction of sp³-hybridized carbons (Fsp3) is 0.464. The van der Waals surface area contributed by atoms with Crippen molar-refractivity contribution in [1.82, 2.24) is 29.7 Å². The van der Waals surface area contributed by atoms with Crippen LogP contribution >= 0.6 is 0 Å². The van der Waals surface area contributed by atoms with Gasteiger partial charge in [0.15, 0.2) is 23.8 Å². The summed E-state index contributed by atoms with van der Waals surface area (Å²) < 4.78 is 12.5. The topological polar surface area (TPSA) is 178 Å². The van der Waals surface area contributed by atoms with Gasteiger partial charge in [-0.1, -0.05) is 36.3 Å². The summed E-state index contributed by atoms with van der Waals surface area (Å²) in [7, 11) is 0. The highest BCUT2D eigenvalue weighted by Gasteiger charge is 2.47. The number of hydrogen-bond donors (Lipinski definition) is 4. The number of nitrogen functional groups attached to an aromatic ring is 1. The monoisotopic (exact) mass is 563 g/mol. The number of nitrogens with one attached hydrogen (secondary N) is 1. The molecule has 13 nitrogen and oxygen atoms in total. The summed E-state index contributed by atoms with van der Waals surface area (Å²) in [5.74, 6) is 6.13. The molecule has 2 amide bonds. The fourth-order valence-electron chi connectivity index (χ4n) is 4.97. The molecule has 5 rings (SSSR count). The summed E-state index contributed by atoms with van der Waals surface area (Å²) in [6, 6.07) is 9.57. The lowest BCUT2D eigenvalue weighted by atomic mass is 9.94. The fourth-order valence-corrected chi connectivity index (χ4v) is 4.97. The first-order valence-corrected chi connectivity index (χ1v) is 13.6. The zero-order valence-corrected chi connectivity index (χ0v) is 22.6. The molecule has 2 saturated heterocycles. The smallest absolute Gasteiger partial charge is 0.410 e. The van der Waals surface area contributed by atoms with E-state index in [9.17, 15) is 19.8 Å². The molecular formula is C28H33N7O6. The number of ether oxygens (including phenoxy) is 2. The van der Waals surface area contributed by atoms with Gasteiger partial charge in [0, 0.05) is 26.1 Å². The van der Waals surface area contributed by atoms with Crippen LogP contribution in [0.1, 0.15) is 43.8 Å². The zero-order valence-electron chi connectivity index (χ0n) is 22.6. The minimum atomic E-state index is -1.43. The van der Waals surface area contributed by atoms with Gasteiger partial charge in [-0.2, -0.15) is 0 Å². The lowest BCUT2D eigenvalue weighted by Crippen LogP contribution is -2.42. The average molecular weight is 564 g/mol. The van der Waals surface area contributed by atoms with Gasteiger partial charge >= 0.3 is 6.09 Å². The van der Waals surface area contributed by atoms with Crippen LogP contribution in [0.2, 0.25) is 0 Å². The molecule has 0 radical (unpaired) electrons. The quantitative estimate of drug-likeness (QED) is 0.316. The number of nitrogens with zero attached hydrogens (tertiary/aromatic N) is 5. The van der Waals surface area contributed by atoms with E-state index in [2.05, 4.69) is 32.1 Å². The number of piperidine rings is 1. The predicted octanol–water partition coefficient (Wildman–Crippen LogP) is 0.954. The van der Waals surface area contributed by atoms with E-state index in [1.54, 1.807) is 11.8 Å². The molecule has 5 N–H and O–H groups in total. The number of carbonyl (C=O) groups is 2. The Labute approximate surface area is 236 Å². The summed E-state index contributed by atoms with van der Waals surface area (Å²) in [6.07, 6.45) is -1.93. The van der Waals surface area contributed by atoms with Crippen LogP contribution in [0.25, 0.3) is 11.2 Å². The van der Waals surface area contributed by atoms with Crippen LogP contribution < -0.4 is 11.1 Å². The Hall–Kier alpha value is -4.25. The van der Waals surface area contributed by atoms with Gasteiger partial charge in [0.05, 0.1) is 6.33 Å². The summed E-state index contributed by atoms with van der Waals surface area (Å²) in [5.41, 5.74) is 7.60. The van der Waals surface area contributed by atoms with E-state index in [1.165, 1.54) is 10.9 Å². The third-order valence-electron chi connectivity index (χ3n) is 7.24. The number of nitrogens with two attached hydrogens (primary N) is 1. The molecule has 3 aromatic rings. The Morgan fingerprint density at radius 3 is 2.66 bits per heavy atom. The number of anilines is 1. The van der Waals surface area contributed by atoms with Crippen molar-refractivity contribution in [3.63, 3.8) is 0 Å². The van der Waals surface area contributed by atoms with Crippen molar-refractivity contribution in [3.05, 3.63) is 48.0 Å². The normalized spacial score (nSPS) is 22.8.